The van der Waals surface area contributed by atoms with Crippen LogP contribution in [0.1, 0.15) is 52.9 Å². The van der Waals surface area contributed by atoms with Crippen LogP contribution in [0.25, 0.3) is 0 Å². The van der Waals surface area contributed by atoms with Gasteiger partial charge < -0.3 is 14.8 Å². The first-order chi connectivity index (χ1) is 13.6. The first-order valence-corrected chi connectivity index (χ1v) is 11.8. The second-order valence-electron chi connectivity index (χ2n) is 8.90. The molecule has 8 heteroatoms. The second-order valence-corrected chi connectivity index (χ2v) is 11.4. The lowest BCUT2D eigenvalue weighted by molar-refractivity contribution is -0.120. The molecular formula is C21H32N2O5S. The molecule has 1 saturated carbocycles. The molecule has 1 amide bonds. The van der Waals surface area contributed by atoms with Crippen LogP contribution in [-0.2, 0) is 19.6 Å². The van der Waals surface area contributed by atoms with E-state index in [1.807, 2.05) is 24.3 Å². The van der Waals surface area contributed by atoms with Gasteiger partial charge >= 0.3 is 0 Å². The van der Waals surface area contributed by atoms with Gasteiger partial charge in [0.1, 0.15) is 11.9 Å². The third-order valence-corrected chi connectivity index (χ3v) is 7.79. The number of anilines is 1. The zero-order valence-corrected chi connectivity index (χ0v) is 18.3. The van der Waals surface area contributed by atoms with Crippen molar-refractivity contribution in [2.75, 3.05) is 18.5 Å². The quantitative estimate of drug-likeness (QED) is 0.732. The summed E-state index contributed by atoms with van der Waals surface area (Å²) in [5.41, 5.74) is 0.737. The molecule has 29 heavy (non-hydrogen) atoms. The van der Waals surface area contributed by atoms with Gasteiger partial charge in [-0.1, -0.05) is 0 Å². The number of carbonyl (C=O) groups excluding carboxylic acids is 1. The number of ether oxygens (including phenoxy) is 2. The molecule has 2 fully saturated rings. The third-order valence-electron chi connectivity index (χ3n) is 5.54. The number of nitrogens with one attached hydrogen (secondary N) is 2. The fraction of sp³-hybridized carbons (Fsp3) is 0.667. The molecule has 0 radical (unpaired) electrons. The van der Waals surface area contributed by atoms with E-state index in [-0.39, 0.29) is 24.0 Å². The summed E-state index contributed by atoms with van der Waals surface area (Å²) >= 11 is 0. The Labute approximate surface area is 173 Å². The van der Waals surface area contributed by atoms with E-state index in [4.69, 9.17) is 9.47 Å². The molecule has 7 nitrogen and oxygen atoms in total. The van der Waals surface area contributed by atoms with Crippen LogP contribution in [0, 0.1) is 5.92 Å². The van der Waals surface area contributed by atoms with Crippen LogP contribution in [0.2, 0.25) is 0 Å². The summed E-state index contributed by atoms with van der Waals surface area (Å²) in [7, 11) is -3.37. The molecule has 2 N–H and O–H groups in total. The van der Waals surface area contributed by atoms with E-state index in [9.17, 15) is 13.2 Å². The molecule has 1 unspecified atom stereocenters. The lowest BCUT2D eigenvalue weighted by Gasteiger charge is -2.30. The molecule has 1 heterocycles. The van der Waals surface area contributed by atoms with Gasteiger partial charge in [0, 0.05) is 24.1 Å². The maximum atomic E-state index is 12.6. The summed E-state index contributed by atoms with van der Waals surface area (Å²) in [4.78, 5) is 12.6. The lowest BCUT2D eigenvalue weighted by atomic mass is 9.86. The van der Waals surface area contributed by atoms with Crippen LogP contribution < -0.4 is 14.8 Å². The van der Waals surface area contributed by atoms with Crippen molar-refractivity contribution in [3.05, 3.63) is 24.3 Å². The highest BCUT2D eigenvalue weighted by atomic mass is 32.2. The van der Waals surface area contributed by atoms with E-state index in [2.05, 4.69) is 10.0 Å². The highest BCUT2D eigenvalue weighted by Crippen LogP contribution is 2.28. The number of amides is 1. The molecule has 2 aliphatic rings. The summed E-state index contributed by atoms with van der Waals surface area (Å²) in [6.07, 6.45) is 3.68. The van der Waals surface area contributed by atoms with Crippen molar-refractivity contribution in [3.8, 4) is 5.75 Å². The van der Waals surface area contributed by atoms with Crippen LogP contribution in [0.15, 0.2) is 24.3 Å². The fourth-order valence-electron chi connectivity index (χ4n) is 3.53. The lowest BCUT2D eigenvalue weighted by Crippen LogP contribution is -2.46. The largest absolute Gasteiger partial charge is 0.488 e. The number of rotatable bonds is 6. The molecule has 3 rings (SSSR count). The molecule has 1 saturated heterocycles. The van der Waals surface area contributed by atoms with Crippen molar-refractivity contribution >= 4 is 21.6 Å². The first kappa shape index (κ1) is 22.1. The van der Waals surface area contributed by atoms with Crippen molar-refractivity contribution < 1.29 is 22.7 Å². The minimum Gasteiger partial charge on any atom is -0.488 e. The molecule has 1 aromatic rings. The molecule has 0 aromatic heterocycles. The Morgan fingerprint density at radius 1 is 1.07 bits per heavy atom. The Kier molecular flexibility index (Phi) is 6.86. The molecule has 1 aliphatic carbocycles. The van der Waals surface area contributed by atoms with Gasteiger partial charge in [-0.15, -0.1) is 0 Å². The summed E-state index contributed by atoms with van der Waals surface area (Å²) in [5.74, 6) is 0.655. The van der Waals surface area contributed by atoms with Crippen LogP contribution in [-0.4, -0.2) is 44.4 Å². The van der Waals surface area contributed by atoms with Crippen molar-refractivity contribution in [3.63, 3.8) is 0 Å². The third kappa shape index (κ3) is 5.93. The van der Waals surface area contributed by atoms with E-state index >= 15 is 0 Å². The number of hydrogen-bond donors (Lipinski definition) is 2. The van der Waals surface area contributed by atoms with Crippen LogP contribution in [0.4, 0.5) is 5.69 Å². The minimum atomic E-state index is -3.37. The number of sulfonamides is 1. The predicted molar refractivity (Wildman–Crippen MR) is 112 cm³/mol. The Hall–Kier alpha value is -1.64. The predicted octanol–water partition coefficient (Wildman–Crippen LogP) is 3.07. The van der Waals surface area contributed by atoms with Crippen molar-refractivity contribution in [1.29, 1.82) is 0 Å². The first-order valence-electron chi connectivity index (χ1n) is 10.3. The topological polar surface area (TPSA) is 93.7 Å². The molecular weight excluding hydrogens is 392 g/mol. The van der Waals surface area contributed by atoms with Gasteiger partial charge in [-0.3, -0.25) is 4.79 Å². The van der Waals surface area contributed by atoms with E-state index in [0.29, 0.717) is 32.3 Å². The van der Waals surface area contributed by atoms with Crippen molar-refractivity contribution in [1.82, 2.24) is 4.72 Å². The molecule has 0 bridgehead atoms. The van der Waals surface area contributed by atoms with Gasteiger partial charge in [0.05, 0.1) is 18.0 Å². The molecule has 1 aromatic carbocycles. The Bertz CT molecular complexity index is 787. The maximum absolute atomic E-state index is 12.6. The van der Waals surface area contributed by atoms with Gasteiger partial charge in [0.15, 0.2) is 0 Å². The zero-order chi connectivity index (χ0) is 21.1. The number of benzene rings is 1. The average Bonchev–Trinajstić information content (AvgIpc) is 3.16. The summed E-state index contributed by atoms with van der Waals surface area (Å²) in [6, 6.07) is 7.29. The van der Waals surface area contributed by atoms with Crippen LogP contribution in [0.5, 0.6) is 5.75 Å². The summed E-state index contributed by atoms with van der Waals surface area (Å²) in [5, 5.41) is 2.96. The average molecular weight is 425 g/mol. The molecule has 1 aliphatic heterocycles. The fourth-order valence-corrected chi connectivity index (χ4v) is 4.56. The zero-order valence-electron chi connectivity index (χ0n) is 17.4. The van der Waals surface area contributed by atoms with Crippen molar-refractivity contribution in [2.45, 2.75) is 69.8 Å². The smallest absolute Gasteiger partial charge is 0.227 e. The van der Waals surface area contributed by atoms with Gasteiger partial charge in [-0.05, 0) is 70.7 Å². The Morgan fingerprint density at radius 3 is 2.28 bits per heavy atom. The molecule has 162 valence electrons. The van der Waals surface area contributed by atoms with Gasteiger partial charge in [0.2, 0.25) is 15.9 Å². The second kappa shape index (κ2) is 9.02. The van der Waals surface area contributed by atoms with E-state index in [0.717, 1.165) is 24.5 Å². The Morgan fingerprint density at radius 2 is 1.72 bits per heavy atom. The standard InChI is InChI=1S/C21H32N2O5S/c1-21(2,3)29(25,26)23-17-6-4-15(5-7-17)20(24)22-16-8-10-18(11-9-16)28-19-12-13-27-14-19/h8-11,15,17,19,23H,4-7,12-14H2,1-3H3,(H,22,24)/t15-,17-,19?. The summed E-state index contributed by atoms with van der Waals surface area (Å²) in [6.45, 7) is 6.41. The van der Waals surface area contributed by atoms with E-state index in [1.165, 1.54) is 0 Å². The maximum Gasteiger partial charge on any atom is 0.227 e. The van der Waals surface area contributed by atoms with Crippen molar-refractivity contribution in [2.24, 2.45) is 5.92 Å². The van der Waals surface area contributed by atoms with Gasteiger partial charge in [0.25, 0.3) is 0 Å². The Balaban J connectivity index is 1.46. The molecule has 1 atom stereocenters. The highest BCUT2D eigenvalue weighted by molar-refractivity contribution is 7.90. The summed E-state index contributed by atoms with van der Waals surface area (Å²) < 4.78 is 37.7. The number of carbonyl (C=O) groups is 1. The number of hydrogen-bond acceptors (Lipinski definition) is 5. The SMILES string of the molecule is CC(C)(C)S(=O)(=O)N[C@H]1CC[C@H](C(=O)Nc2ccc(OC3CCOC3)cc2)CC1. The van der Waals surface area contributed by atoms with Crippen LogP contribution >= 0.6 is 0 Å². The van der Waals surface area contributed by atoms with Gasteiger partial charge in [-0.2, -0.15) is 0 Å². The normalized spacial score (nSPS) is 25.6. The van der Waals surface area contributed by atoms with E-state index < -0.39 is 14.8 Å². The minimum absolute atomic E-state index is 0.0139. The molecule has 0 spiro atoms. The van der Waals surface area contributed by atoms with Gasteiger partial charge in [-0.25, -0.2) is 13.1 Å². The van der Waals surface area contributed by atoms with E-state index in [1.54, 1.807) is 20.8 Å². The highest BCUT2D eigenvalue weighted by Gasteiger charge is 2.34. The van der Waals surface area contributed by atoms with Crippen LogP contribution in [0.3, 0.4) is 0 Å². The monoisotopic (exact) mass is 424 g/mol.